The lowest BCUT2D eigenvalue weighted by atomic mass is 9.96. The number of para-hydroxylation sites is 10. The maximum atomic E-state index is 2.46. The van der Waals surface area contributed by atoms with Crippen LogP contribution in [0.5, 0.6) is 0 Å². The summed E-state index contributed by atoms with van der Waals surface area (Å²) in [5.41, 5.74) is 29.9. The van der Waals surface area contributed by atoms with Gasteiger partial charge in [0, 0.05) is 120 Å². The van der Waals surface area contributed by atoms with E-state index >= 15 is 0 Å². The molecule has 25 rings (SSSR count). The third-order valence-corrected chi connectivity index (χ3v) is 28.1. The molecular formula is C124H84N6S2. The first-order valence-electron chi connectivity index (χ1n) is 44.9. The molecule has 4 aromatic heterocycles. The molecule has 0 radical (unpaired) electrons. The van der Waals surface area contributed by atoms with Crippen LogP contribution in [0.2, 0.25) is 0 Å². The Kier molecular flexibility index (Phi) is 20.3. The molecule has 6 nitrogen and oxygen atoms in total. The molecule has 0 bridgehead atoms. The molecule has 0 unspecified atom stereocenters. The van der Waals surface area contributed by atoms with Gasteiger partial charge in [-0.25, -0.2) is 0 Å². The number of rotatable bonds is 18. The third kappa shape index (κ3) is 14.3. The van der Waals surface area contributed by atoms with Gasteiger partial charge >= 0.3 is 0 Å². The number of aromatic nitrogens is 2. The van der Waals surface area contributed by atoms with E-state index in [4.69, 9.17) is 0 Å². The molecular weight excluding hydrogens is 1640 g/mol. The average molecular weight is 1720 g/mol. The minimum absolute atomic E-state index is 1.07. The van der Waals surface area contributed by atoms with Crippen molar-refractivity contribution < 1.29 is 0 Å². The Bertz CT molecular complexity index is 8470. The molecule has 0 aliphatic rings. The smallest absolute Gasteiger partial charge is 0.0661 e. The Morgan fingerprint density at radius 3 is 0.848 bits per heavy atom. The predicted octanol–water partition coefficient (Wildman–Crippen LogP) is 36.0. The summed E-state index contributed by atoms with van der Waals surface area (Å²) in [6, 6.07) is 185. The van der Waals surface area contributed by atoms with Crippen LogP contribution in [0, 0.1) is 0 Å². The fourth-order valence-electron chi connectivity index (χ4n) is 19.6. The maximum absolute atomic E-state index is 2.46. The van der Waals surface area contributed by atoms with Crippen LogP contribution in [-0.2, 0) is 0 Å². The molecule has 0 aliphatic carbocycles. The van der Waals surface area contributed by atoms with Crippen LogP contribution in [0.1, 0.15) is 0 Å². The molecule has 0 N–H and O–H groups in total. The molecule has 0 saturated carbocycles. The Balaban J connectivity index is 0.000000150. The number of benzene rings is 21. The molecule has 4 heterocycles. The number of thiophene rings is 2. The second-order valence-electron chi connectivity index (χ2n) is 33.5. The second-order valence-corrected chi connectivity index (χ2v) is 35.6. The van der Waals surface area contributed by atoms with Crippen LogP contribution in [0.3, 0.4) is 0 Å². The SMILES string of the molecule is c1ccc(-c2ccc(N(c3ccccc3)c3cc(N(c4ccccc4)c4ccc(-c5ccccc5)c5ccccc45)cc4c3sc3ccc(-c5ccc6c(c5)c5ccccc5n6-c5ccccc5)cc34)cc2)cc1.c1ccc(N(c2ccccc2)c2cc(N(c3ccccc3)c3ccccc3)c3sc4ccc(-c5ccc6c(c5)c5ccccc5n6-c5ccccc5)cc4c3c2)cc1. The Morgan fingerprint density at radius 1 is 0.152 bits per heavy atom. The van der Waals surface area contributed by atoms with Crippen molar-refractivity contribution in [3.8, 4) is 55.9 Å². The van der Waals surface area contributed by atoms with E-state index < -0.39 is 0 Å². The summed E-state index contributed by atoms with van der Waals surface area (Å²) in [5, 5.41) is 12.3. The second kappa shape index (κ2) is 34.0. The molecule has 21 aromatic carbocycles. The molecule has 25 aromatic rings. The number of fused-ring (bicyclic) bond motifs is 13. The van der Waals surface area contributed by atoms with E-state index in [0.29, 0.717) is 0 Å². The molecule has 0 saturated heterocycles. The van der Waals surface area contributed by atoms with Crippen molar-refractivity contribution in [2.75, 3.05) is 19.6 Å². The van der Waals surface area contributed by atoms with E-state index in [9.17, 15) is 0 Å². The molecule has 622 valence electrons. The minimum Gasteiger partial charge on any atom is -0.310 e. The Hall–Kier alpha value is -16.9. The average Bonchev–Trinajstić information content (AvgIpc) is 1.81. The number of nitrogens with zero attached hydrogens (tertiary/aromatic N) is 6. The van der Waals surface area contributed by atoms with Gasteiger partial charge in [-0.15, -0.1) is 22.7 Å². The van der Waals surface area contributed by atoms with E-state index in [1.165, 1.54) is 145 Å². The van der Waals surface area contributed by atoms with Gasteiger partial charge in [0.2, 0.25) is 0 Å². The van der Waals surface area contributed by atoms with E-state index in [2.05, 4.69) is 538 Å². The zero-order valence-electron chi connectivity index (χ0n) is 72.0. The van der Waals surface area contributed by atoms with Crippen LogP contribution in [0.4, 0.5) is 68.2 Å². The van der Waals surface area contributed by atoms with Gasteiger partial charge in [-0.1, -0.05) is 309 Å². The van der Waals surface area contributed by atoms with Crippen molar-refractivity contribution in [2.45, 2.75) is 0 Å². The van der Waals surface area contributed by atoms with Crippen LogP contribution >= 0.6 is 22.7 Å². The molecule has 132 heavy (non-hydrogen) atoms. The maximum Gasteiger partial charge on any atom is 0.0661 e. The molecule has 0 amide bonds. The van der Waals surface area contributed by atoms with Gasteiger partial charge in [0.25, 0.3) is 0 Å². The number of hydrogen-bond acceptors (Lipinski definition) is 6. The number of anilines is 12. The van der Waals surface area contributed by atoms with Gasteiger partial charge < -0.3 is 28.7 Å². The summed E-state index contributed by atoms with van der Waals surface area (Å²) in [6.07, 6.45) is 0. The summed E-state index contributed by atoms with van der Waals surface area (Å²) >= 11 is 3.73. The first-order chi connectivity index (χ1) is 65.5. The molecule has 0 aliphatic heterocycles. The first kappa shape index (κ1) is 78.6. The topological polar surface area (TPSA) is 22.8 Å². The first-order valence-corrected chi connectivity index (χ1v) is 46.6. The van der Waals surface area contributed by atoms with Gasteiger partial charge in [-0.2, -0.15) is 0 Å². The van der Waals surface area contributed by atoms with Crippen LogP contribution in [0.15, 0.2) is 510 Å². The largest absolute Gasteiger partial charge is 0.310 e. The van der Waals surface area contributed by atoms with E-state index in [-0.39, 0.29) is 0 Å². The summed E-state index contributed by atoms with van der Waals surface area (Å²) in [4.78, 5) is 9.70. The minimum atomic E-state index is 1.07. The van der Waals surface area contributed by atoms with Crippen molar-refractivity contribution in [3.63, 3.8) is 0 Å². The van der Waals surface area contributed by atoms with Crippen molar-refractivity contribution in [2.24, 2.45) is 0 Å². The Morgan fingerprint density at radius 2 is 0.439 bits per heavy atom. The van der Waals surface area contributed by atoms with E-state index in [1.807, 2.05) is 22.7 Å². The number of hydrogen-bond donors (Lipinski definition) is 0. The van der Waals surface area contributed by atoms with Crippen molar-refractivity contribution in [1.82, 2.24) is 9.13 Å². The van der Waals surface area contributed by atoms with E-state index in [1.54, 1.807) is 0 Å². The van der Waals surface area contributed by atoms with Gasteiger partial charge in [0.15, 0.2) is 0 Å². The van der Waals surface area contributed by atoms with Gasteiger partial charge in [0.05, 0.1) is 48.5 Å². The summed E-state index contributed by atoms with van der Waals surface area (Å²) in [5.74, 6) is 0. The molecule has 0 spiro atoms. The lowest BCUT2D eigenvalue weighted by molar-refractivity contribution is 1.18. The fraction of sp³-hybridized carbons (Fsp3) is 0. The van der Waals surface area contributed by atoms with Gasteiger partial charge in [-0.3, -0.25) is 0 Å². The predicted molar refractivity (Wildman–Crippen MR) is 565 cm³/mol. The van der Waals surface area contributed by atoms with Gasteiger partial charge in [0.1, 0.15) is 0 Å². The van der Waals surface area contributed by atoms with Crippen LogP contribution in [-0.4, -0.2) is 9.13 Å². The van der Waals surface area contributed by atoms with Crippen molar-refractivity contribution in [3.05, 3.63) is 510 Å². The van der Waals surface area contributed by atoms with E-state index in [0.717, 1.165) is 73.9 Å². The van der Waals surface area contributed by atoms with Crippen molar-refractivity contribution >= 4 is 186 Å². The van der Waals surface area contributed by atoms with Gasteiger partial charge in [-0.05, 0) is 250 Å². The molecule has 0 atom stereocenters. The van der Waals surface area contributed by atoms with Crippen LogP contribution < -0.4 is 19.6 Å². The summed E-state index contributed by atoms with van der Waals surface area (Å²) < 4.78 is 9.72. The third-order valence-electron chi connectivity index (χ3n) is 25.7. The molecule has 0 fully saturated rings. The Labute approximate surface area is 774 Å². The quantitative estimate of drug-likeness (QED) is 0.0854. The highest BCUT2D eigenvalue weighted by Crippen LogP contribution is 2.54. The summed E-state index contributed by atoms with van der Waals surface area (Å²) in [6.45, 7) is 0. The lowest BCUT2D eigenvalue weighted by Crippen LogP contribution is -2.14. The highest BCUT2D eigenvalue weighted by atomic mass is 32.1. The van der Waals surface area contributed by atoms with Crippen molar-refractivity contribution in [1.29, 1.82) is 0 Å². The molecule has 8 heteroatoms. The zero-order chi connectivity index (χ0) is 87.4. The lowest BCUT2D eigenvalue weighted by Gasteiger charge is -2.31. The monoisotopic (exact) mass is 1720 g/mol. The highest BCUT2D eigenvalue weighted by Gasteiger charge is 2.28. The normalized spacial score (nSPS) is 11.5. The standard InChI is InChI=1S/C70H47N3S.C54H37N3S/c1-6-20-48(21-7-1)49-34-38-56(39-35-49)71(53-24-10-3-11-25-53)68-47-57(72(54-26-12-4-13-27-54)66-42-40-58(50-22-8-2-9-23-50)59-30-16-17-31-60(59)66)46-64-63-45-52(37-43-69(63)74-70(64)68)51-36-41-67-62(44-51)61-32-18-19-33-65(61)73(67)55-28-14-5-15-29-55;1-6-18-40(19-7-1)55(41-20-8-2-9-21-41)45-36-49-48-35-39(38-30-32-51-47(34-38)46-28-16-17-29-50(46)57(51)44-26-14-5-15-27-44)31-33-53(48)58-54(49)52(37-45)56(42-22-10-3-11-23-42)43-24-12-4-13-25-43/h1-47H;1-37H. The zero-order valence-corrected chi connectivity index (χ0v) is 73.6. The van der Waals surface area contributed by atoms with Crippen LogP contribution in [0.25, 0.3) is 151 Å². The summed E-state index contributed by atoms with van der Waals surface area (Å²) in [7, 11) is 0. The fourth-order valence-corrected chi connectivity index (χ4v) is 22.0. The highest BCUT2D eigenvalue weighted by molar-refractivity contribution is 7.27.